The summed E-state index contributed by atoms with van der Waals surface area (Å²) in [5, 5.41) is 12.7. The Labute approximate surface area is 172 Å². The number of aliphatic hydroxyl groups is 1. The molecular formula is C21H34N2O6. The van der Waals surface area contributed by atoms with Gasteiger partial charge < -0.3 is 24.8 Å². The van der Waals surface area contributed by atoms with Crippen molar-refractivity contribution in [1.82, 2.24) is 10.2 Å². The van der Waals surface area contributed by atoms with E-state index in [9.17, 15) is 19.5 Å². The van der Waals surface area contributed by atoms with Gasteiger partial charge in [0.15, 0.2) is 0 Å². The van der Waals surface area contributed by atoms with Crippen molar-refractivity contribution in [3.05, 3.63) is 0 Å². The van der Waals surface area contributed by atoms with Gasteiger partial charge in [0, 0.05) is 5.54 Å². The lowest BCUT2D eigenvalue weighted by molar-refractivity contribution is -0.161. The van der Waals surface area contributed by atoms with Crippen molar-refractivity contribution in [2.45, 2.75) is 89.6 Å². The number of hydrogen-bond acceptors (Lipinski definition) is 6. The maximum Gasteiger partial charge on any atom is 0.312 e. The lowest BCUT2D eigenvalue weighted by Gasteiger charge is -2.37. The number of nitrogens with one attached hydrogen (secondary N) is 1. The fraction of sp³-hybridized carbons (Fsp3) is 0.857. The summed E-state index contributed by atoms with van der Waals surface area (Å²) >= 11 is 0. The average molecular weight is 411 g/mol. The van der Waals surface area contributed by atoms with Crippen LogP contribution in [-0.2, 0) is 23.9 Å². The molecule has 3 rings (SSSR count). The predicted octanol–water partition coefficient (Wildman–Crippen LogP) is 1.000. The van der Waals surface area contributed by atoms with E-state index >= 15 is 0 Å². The van der Waals surface area contributed by atoms with E-state index in [0.717, 1.165) is 0 Å². The summed E-state index contributed by atoms with van der Waals surface area (Å²) in [6.45, 7) is 10.9. The number of fused-ring (bicyclic) bond motifs is 1. The van der Waals surface area contributed by atoms with Gasteiger partial charge in [-0.3, -0.25) is 14.4 Å². The third-order valence-electron chi connectivity index (χ3n) is 6.64. The van der Waals surface area contributed by atoms with E-state index in [2.05, 4.69) is 5.32 Å². The van der Waals surface area contributed by atoms with Crippen LogP contribution in [0.15, 0.2) is 0 Å². The zero-order valence-electron chi connectivity index (χ0n) is 18.3. The Balaban J connectivity index is 2.10. The van der Waals surface area contributed by atoms with E-state index in [0.29, 0.717) is 19.3 Å². The van der Waals surface area contributed by atoms with Gasteiger partial charge in [-0.15, -0.1) is 0 Å². The van der Waals surface area contributed by atoms with Gasteiger partial charge in [0.1, 0.15) is 17.6 Å². The summed E-state index contributed by atoms with van der Waals surface area (Å²) in [6.07, 6.45) is 1.67. The van der Waals surface area contributed by atoms with E-state index in [1.807, 2.05) is 27.7 Å². The standard InChI is InChI=1S/C21H34N2O6/c1-7-20-9-10-21(29-20)13(14(20)18(27)28-8-2)17(26)23(12(3)11-24)15(21)16(25)22-19(4,5)6/h12-15,24H,7-11H2,1-6H3,(H,22,25)/t12-,13+,14+,15?,20-,21?/m1/s1. The first-order valence-corrected chi connectivity index (χ1v) is 10.6. The van der Waals surface area contributed by atoms with Crippen molar-refractivity contribution in [1.29, 1.82) is 0 Å². The summed E-state index contributed by atoms with van der Waals surface area (Å²) in [4.78, 5) is 41.3. The zero-order chi connectivity index (χ0) is 21.8. The highest BCUT2D eigenvalue weighted by Crippen LogP contribution is 2.64. The molecule has 0 aliphatic carbocycles. The third-order valence-corrected chi connectivity index (χ3v) is 6.64. The first-order valence-electron chi connectivity index (χ1n) is 10.6. The van der Waals surface area contributed by atoms with Crippen molar-refractivity contribution in [3.8, 4) is 0 Å². The monoisotopic (exact) mass is 410 g/mol. The minimum atomic E-state index is -1.08. The van der Waals surface area contributed by atoms with Crippen LogP contribution in [0.1, 0.15) is 60.8 Å². The Morgan fingerprint density at radius 3 is 2.52 bits per heavy atom. The molecule has 3 aliphatic heterocycles. The molecule has 164 valence electrons. The number of hydrogen-bond donors (Lipinski definition) is 2. The molecule has 3 heterocycles. The minimum Gasteiger partial charge on any atom is -0.466 e. The molecule has 6 atom stereocenters. The lowest BCUT2D eigenvalue weighted by atomic mass is 9.65. The zero-order valence-corrected chi connectivity index (χ0v) is 18.3. The highest BCUT2D eigenvalue weighted by molar-refractivity contribution is 5.98. The maximum absolute atomic E-state index is 13.6. The van der Waals surface area contributed by atoms with E-state index in [1.165, 1.54) is 4.90 Å². The molecule has 8 heteroatoms. The second-order valence-electron chi connectivity index (χ2n) is 9.60. The Morgan fingerprint density at radius 1 is 1.34 bits per heavy atom. The second kappa shape index (κ2) is 7.23. The third kappa shape index (κ3) is 3.15. The average Bonchev–Trinajstić information content (AvgIpc) is 3.23. The summed E-state index contributed by atoms with van der Waals surface area (Å²) in [7, 11) is 0. The largest absolute Gasteiger partial charge is 0.466 e. The molecular weight excluding hydrogens is 376 g/mol. The van der Waals surface area contributed by atoms with Crippen LogP contribution in [0.4, 0.5) is 0 Å². The molecule has 2 unspecified atom stereocenters. The van der Waals surface area contributed by atoms with Crippen LogP contribution >= 0.6 is 0 Å². The van der Waals surface area contributed by atoms with E-state index in [1.54, 1.807) is 13.8 Å². The number of likely N-dealkylation sites (tertiary alicyclic amines) is 1. The molecule has 3 saturated heterocycles. The van der Waals surface area contributed by atoms with Gasteiger partial charge in [0.2, 0.25) is 11.8 Å². The molecule has 2 amide bonds. The molecule has 8 nitrogen and oxygen atoms in total. The molecule has 3 fully saturated rings. The van der Waals surface area contributed by atoms with Crippen LogP contribution in [0.2, 0.25) is 0 Å². The van der Waals surface area contributed by atoms with Crippen LogP contribution < -0.4 is 5.32 Å². The molecule has 0 aromatic heterocycles. The summed E-state index contributed by atoms with van der Waals surface area (Å²) in [5.41, 5.74) is -2.37. The number of aliphatic hydroxyl groups excluding tert-OH is 1. The summed E-state index contributed by atoms with van der Waals surface area (Å²) < 4.78 is 11.9. The molecule has 0 radical (unpaired) electrons. The van der Waals surface area contributed by atoms with Crippen molar-refractivity contribution >= 4 is 17.8 Å². The molecule has 0 aromatic carbocycles. The van der Waals surface area contributed by atoms with Gasteiger partial charge in [-0.25, -0.2) is 0 Å². The Hall–Kier alpha value is -1.67. The number of ether oxygens (including phenoxy) is 2. The molecule has 0 aromatic rings. The fourth-order valence-corrected chi connectivity index (χ4v) is 5.55. The van der Waals surface area contributed by atoms with Crippen LogP contribution in [0.25, 0.3) is 0 Å². The number of esters is 1. The van der Waals surface area contributed by atoms with E-state index < -0.39 is 46.6 Å². The first kappa shape index (κ1) is 22.0. The van der Waals surface area contributed by atoms with Gasteiger partial charge in [-0.1, -0.05) is 6.92 Å². The Kier molecular flexibility index (Phi) is 5.49. The van der Waals surface area contributed by atoms with Crippen molar-refractivity contribution < 1.29 is 29.0 Å². The smallest absolute Gasteiger partial charge is 0.312 e. The molecule has 2 N–H and O–H groups in total. The van der Waals surface area contributed by atoms with E-state index in [4.69, 9.17) is 9.47 Å². The number of amides is 2. The van der Waals surface area contributed by atoms with Crippen LogP contribution in [0.3, 0.4) is 0 Å². The Morgan fingerprint density at radius 2 is 2.00 bits per heavy atom. The van der Waals surface area contributed by atoms with E-state index in [-0.39, 0.29) is 25.0 Å². The lowest BCUT2D eigenvalue weighted by Crippen LogP contribution is -2.60. The van der Waals surface area contributed by atoms with Gasteiger partial charge in [0.25, 0.3) is 0 Å². The first-order chi connectivity index (χ1) is 13.5. The number of carbonyl (C=O) groups excluding carboxylic acids is 3. The quantitative estimate of drug-likeness (QED) is 0.633. The van der Waals surface area contributed by atoms with Gasteiger partial charge in [-0.2, -0.15) is 0 Å². The number of nitrogens with zero attached hydrogens (tertiary/aromatic N) is 1. The SMILES string of the molecule is CCOC(=O)[C@@H]1[C@H]2C(=O)N([C@H](C)CO)C(C(=O)NC(C)(C)C)C23CC[C@@]1(CC)O3. The van der Waals surface area contributed by atoms with Gasteiger partial charge in [0.05, 0.1) is 30.8 Å². The van der Waals surface area contributed by atoms with Crippen LogP contribution in [0.5, 0.6) is 0 Å². The van der Waals surface area contributed by atoms with Gasteiger partial charge >= 0.3 is 5.97 Å². The maximum atomic E-state index is 13.6. The fourth-order valence-electron chi connectivity index (χ4n) is 5.55. The molecule has 29 heavy (non-hydrogen) atoms. The summed E-state index contributed by atoms with van der Waals surface area (Å²) in [6, 6.07) is -1.46. The number of rotatable bonds is 6. The van der Waals surface area contributed by atoms with Gasteiger partial charge in [-0.05, 0) is 53.9 Å². The highest BCUT2D eigenvalue weighted by Gasteiger charge is 2.79. The van der Waals surface area contributed by atoms with Crippen molar-refractivity contribution in [2.24, 2.45) is 11.8 Å². The highest BCUT2D eigenvalue weighted by atomic mass is 16.6. The normalized spacial score (nSPS) is 36.9. The van der Waals surface area contributed by atoms with Crippen LogP contribution in [0, 0.1) is 11.8 Å². The molecule has 0 saturated carbocycles. The second-order valence-corrected chi connectivity index (χ2v) is 9.60. The topological polar surface area (TPSA) is 105 Å². The van der Waals surface area contributed by atoms with Crippen LogP contribution in [-0.4, -0.2) is 69.8 Å². The molecule has 2 bridgehead atoms. The Bertz CT molecular complexity index is 704. The van der Waals surface area contributed by atoms with Crippen molar-refractivity contribution in [2.75, 3.05) is 13.2 Å². The minimum absolute atomic E-state index is 0.216. The predicted molar refractivity (Wildman–Crippen MR) is 105 cm³/mol. The number of carbonyl (C=O) groups is 3. The molecule has 3 aliphatic rings. The summed E-state index contributed by atoms with van der Waals surface area (Å²) in [5.74, 6) is -2.59. The molecule has 1 spiro atoms. The van der Waals surface area contributed by atoms with Crippen molar-refractivity contribution in [3.63, 3.8) is 0 Å².